The molecular formula is C15H22FN. The van der Waals surface area contributed by atoms with E-state index in [4.69, 9.17) is 5.73 Å². The highest BCUT2D eigenvalue weighted by molar-refractivity contribution is 5.33. The maximum absolute atomic E-state index is 13.4. The lowest BCUT2D eigenvalue weighted by Gasteiger charge is -2.42. The topological polar surface area (TPSA) is 26.0 Å². The molecular weight excluding hydrogens is 213 g/mol. The van der Waals surface area contributed by atoms with E-state index in [1.807, 2.05) is 13.0 Å². The summed E-state index contributed by atoms with van der Waals surface area (Å²) >= 11 is 0. The van der Waals surface area contributed by atoms with Crippen molar-refractivity contribution in [3.05, 3.63) is 35.1 Å². The van der Waals surface area contributed by atoms with Crippen LogP contribution in [0.4, 0.5) is 4.39 Å². The van der Waals surface area contributed by atoms with E-state index in [0.29, 0.717) is 5.41 Å². The highest BCUT2D eigenvalue weighted by Gasteiger charge is 2.37. The molecule has 17 heavy (non-hydrogen) atoms. The van der Waals surface area contributed by atoms with Crippen LogP contribution in [0.25, 0.3) is 0 Å². The first-order valence-corrected chi connectivity index (χ1v) is 6.38. The van der Waals surface area contributed by atoms with Crippen LogP contribution in [0.3, 0.4) is 0 Å². The van der Waals surface area contributed by atoms with E-state index in [2.05, 4.69) is 13.8 Å². The molecule has 0 bridgehead atoms. The second kappa shape index (κ2) is 4.09. The van der Waals surface area contributed by atoms with Gasteiger partial charge in [-0.2, -0.15) is 0 Å². The normalized spacial score (nSPS) is 22.4. The van der Waals surface area contributed by atoms with Crippen molar-refractivity contribution >= 4 is 0 Å². The van der Waals surface area contributed by atoms with Crippen LogP contribution in [0.5, 0.6) is 0 Å². The van der Waals surface area contributed by atoms with Gasteiger partial charge in [0.15, 0.2) is 0 Å². The van der Waals surface area contributed by atoms with Gasteiger partial charge in [-0.25, -0.2) is 4.39 Å². The van der Waals surface area contributed by atoms with E-state index in [-0.39, 0.29) is 11.4 Å². The third kappa shape index (κ3) is 2.52. The summed E-state index contributed by atoms with van der Waals surface area (Å²) < 4.78 is 13.4. The molecule has 2 rings (SSSR count). The van der Waals surface area contributed by atoms with Crippen LogP contribution in [-0.2, 0) is 5.54 Å². The van der Waals surface area contributed by atoms with Crippen molar-refractivity contribution < 1.29 is 4.39 Å². The standard InChI is InChI=1S/C15H22FN/c1-11-4-5-12(16)10-13(11)15(17)8-6-14(2,3)7-9-15/h4-5,10H,6-9,17H2,1-3H3. The Morgan fingerprint density at radius 2 is 1.71 bits per heavy atom. The smallest absolute Gasteiger partial charge is 0.123 e. The van der Waals surface area contributed by atoms with E-state index in [0.717, 1.165) is 36.8 Å². The average Bonchev–Trinajstić information content (AvgIpc) is 2.26. The van der Waals surface area contributed by atoms with Crippen molar-refractivity contribution in [2.45, 2.75) is 52.0 Å². The van der Waals surface area contributed by atoms with Crippen molar-refractivity contribution in [3.8, 4) is 0 Å². The Bertz CT molecular complexity index is 413. The highest BCUT2D eigenvalue weighted by atomic mass is 19.1. The largest absolute Gasteiger partial charge is 0.321 e. The van der Waals surface area contributed by atoms with Crippen LogP contribution < -0.4 is 5.73 Å². The lowest BCUT2D eigenvalue weighted by atomic mass is 9.67. The Hall–Kier alpha value is -0.890. The van der Waals surface area contributed by atoms with Crippen LogP contribution in [0.15, 0.2) is 18.2 Å². The van der Waals surface area contributed by atoms with Crippen LogP contribution in [-0.4, -0.2) is 0 Å². The average molecular weight is 235 g/mol. The second-order valence-electron chi connectivity index (χ2n) is 6.28. The molecule has 0 saturated heterocycles. The fraction of sp³-hybridized carbons (Fsp3) is 0.600. The first-order valence-electron chi connectivity index (χ1n) is 6.38. The summed E-state index contributed by atoms with van der Waals surface area (Å²) in [5.74, 6) is -0.180. The van der Waals surface area contributed by atoms with Gasteiger partial charge in [0.25, 0.3) is 0 Å². The Balaban J connectivity index is 2.30. The van der Waals surface area contributed by atoms with Gasteiger partial charge in [-0.15, -0.1) is 0 Å². The zero-order valence-electron chi connectivity index (χ0n) is 11.0. The SMILES string of the molecule is Cc1ccc(F)cc1C1(N)CCC(C)(C)CC1. The Labute approximate surface area is 103 Å². The Kier molecular flexibility index (Phi) is 3.03. The summed E-state index contributed by atoms with van der Waals surface area (Å²) in [5.41, 5.74) is 8.65. The molecule has 2 N–H and O–H groups in total. The third-order valence-corrected chi connectivity index (χ3v) is 4.23. The molecule has 0 atom stereocenters. The zero-order valence-corrected chi connectivity index (χ0v) is 11.0. The zero-order chi connectivity index (χ0) is 12.7. The molecule has 1 aromatic carbocycles. The minimum Gasteiger partial charge on any atom is -0.321 e. The van der Waals surface area contributed by atoms with Crippen LogP contribution in [0.1, 0.15) is 50.7 Å². The predicted molar refractivity (Wildman–Crippen MR) is 69.3 cm³/mol. The maximum Gasteiger partial charge on any atom is 0.123 e. The number of nitrogens with two attached hydrogens (primary N) is 1. The fourth-order valence-electron chi connectivity index (χ4n) is 2.77. The molecule has 1 aliphatic carbocycles. The number of rotatable bonds is 1. The molecule has 1 nitrogen and oxygen atoms in total. The molecule has 0 radical (unpaired) electrons. The molecule has 2 heteroatoms. The van der Waals surface area contributed by atoms with E-state index < -0.39 is 0 Å². The maximum atomic E-state index is 13.4. The van der Waals surface area contributed by atoms with Crippen LogP contribution in [0.2, 0.25) is 0 Å². The van der Waals surface area contributed by atoms with Gasteiger partial charge in [-0.3, -0.25) is 0 Å². The molecule has 0 heterocycles. The molecule has 0 amide bonds. The van der Waals surface area contributed by atoms with Crippen molar-refractivity contribution in [1.82, 2.24) is 0 Å². The fourth-order valence-corrected chi connectivity index (χ4v) is 2.77. The van der Waals surface area contributed by atoms with Crippen LogP contribution in [0, 0.1) is 18.2 Å². The van der Waals surface area contributed by atoms with Crippen molar-refractivity contribution in [2.24, 2.45) is 11.1 Å². The Morgan fingerprint density at radius 1 is 1.12 bits per heavy atom. The molecule has 94 valence electrons. The molecule has 0 aromatic heterocycles. The van der Waals surface area contributed by atoms with Gasteiger partial charge < -0.3 is 5.73 Å². The summed E-state index contributed by atoms with van der Waals surface area (Å²) in [5, 5.41) is 0. The molecule has 1 fully saturated rings. The van der Waals surface area contributed by atoms with Crippen LogP contribution >= 0.6 is 0 Å². The molecule has 0 unspecified atom stereocenters. The summed E-state index contributed by atoms with van der Waals surface area (Å²) in [6, 6.07) is 4.96. The lowest BCUT2D eigenvalue weighted by molar-refractivity contribution is 0.164. The summed E-state index contributed by atoms with van der Waals surface area (Å²) in [7, 11) is 0. The van der Waals surface area contributed by atoms with Gasteiger partial charge in [-0.1, -0.05) is 19.9 Å². The van der Waals surface area contributed by atoms with Crippen molar-refractivity contribution in [2.75, 3.05) is 0 Å². The minimum atomic E-state index is -0.332. The van der Waals surface area contributed by atoms with Gasteiger partial charge in [0.2, 0.25) is 0 Å². The number of aryl methyl sites for hydroxylation is 1. The number of hydrogen-bond acceptors (Lipinski definition) is 1. The van der Waals surface area contributed by atoms with Gasteiger partial charge in [0.1, 0.15) is 5.82 Å². The second-order valence-corrected chi connectivity index (χ2v) is 6.28. The molecule has 1 aromatic rings. The molecule has 1 saturated carbocycles. The molecule has 1 aliphatic rings. The van der Waals surface area contributed by atoms with Gasteiger partial charge in [-0.05, 0) is 61.3 Å². The monoisotopic (exact) mass is 235 g/mol. The minimum absolute atomic E-state index is 0.180. The number of hydrogen-bond donors (Lipinski definition) is 1. The van der Waals surface area contributed by atoms with E-state index >= 15 is 0 Å². The van der Waals surface area contributed by atoms with Gasteiger partial charge >= 0.3 is 0 Å². The molecule has 0 aliphatic heterocycles. The van der Waals surface area contributed by atoms with E-state index in [1.165, 1.54) is 6.07 Å². The summed E-state index contributed by atoms with van der Waals surface area (Å²) in [6.07, 6.45) is 4.12. The lowest BCUT2D eigenvalue weighted by Crippen LogP contribution is -2.43. The van der Waals surface area contributed by atoms with Gasteiger partial charge in [0.05, 0.1) is 0 Å². The first-order chi connectivity index (χ1) is 7.82. The van der Waals surface area contributed by atoms with Crippen molar-refractivity contribution in [3.63, 3.8) is 0 Å². The third-order valence-electron chi connectivity index (χ3n) is 4.23. The first kappa shape index (κ1) is 12.6. The summed E-state index contributed by atoms with van der Waals surface area (Å²) in [4.78, 5) is 0. The van der Waals surface area contributed by atoms with E-state index in [9.17, 15) is 4.39 Å². The molecule has 0 spiro atoms. The number of halogens is 1. The Morgan fingerprint density at radius 3 is 2.29 bits per heavy atom. The summed E-state index contributed by atoms with van der Waals surface area (Å²) in [6.45, 7) is 6.58. The highest BCUT2D eigenvalue weighted by Crippen LogP contribution is 2.44. The quantitative estimate of drug-likeness (QED) is 0.785. The number of benzene rings is 1. The van der Waals surface area contributed by atoms with Gasteiger partial charge in [0, 0.05) is 5.54 Å². The van der Waals surface area contributed by atoms with Crippen molar-refractivity contribution in [1.29, 1.82) is 0 Å². The predicted octanol–water partition coefficient (Wildman–Crippen LogP) is 3.89. The van der Waals surface area contributed by atoms with E-state index in [1.54, 1.807) is 6.07 Å².